The number of para-hydroxylation sites is 1. The summed E-state index contributed by atoms with van der Waals surface area (Å²) in [7, 11) is 0. The van der Waals surface area contributed by atoms with Crippen LogP contribution in [0.3, 0.4) is 0 Å². The van der Waals surface area contributed by atoms with E-state index in [1.54, 1.807) is 19.1 Å². The number of anilines is 2. The van der Waals surface area contributed by atoms with Crippen LogP contribution >= 0.6 is 12.2 Å². The maximum atomic E-state index is 12.6. The molecule has 0 aliphatic carbocycles. The zero-order valence-electron chi connectivity index (χ0n) is 14.6. The zero-order valence-corrected chi connectivity index (χ0v) is 15.4. The average molecular weight is 408 g/mol. The molecule has 0 saturated carbocycles. The fourth-order valence-corrected chi connectivity index (χ4v) is 2.86. The lowest BCUT2D eigenvalue weighted by atomic mass is 10.1. The number of carbonyl (C=O) groups is 1. The molecule has 0 aromatic heterocycles. The smallest absolute Gasteiger partial charge is 0.406 e. The first-order chi connectivity index (χ1) is 13.3. The molecule has 2 N–H and O–H groups in total. The number of hydrogen-bond donors (Lipinski definition) is 2. The van der Waals surface area contributed by atoms with E-state index in [4.69, 9.17) is 12.2 Å². The Kier molecular flexibility index (Phi) is 5.50. The molecule has 146 valence electrons. The van der Waals surface area contributed by atoms with Crippen LogP contribution in [0.25, 0.3) is 0 Å². The Hall–Kier alpha value is -3.14. The number of hydrazone groups is 1. The molecule has 28 heavy (non-hydrogen) atoms. The van der Waals surface area contributed by atoms with Gasteiger partial charge in [-0.3, -0.25) is 10.2 Å². The van der Waals surface area contributed by atoms with Crippen molar-refractivity contribution in [3.63, 3.8) is 0 Å². The molecule has 3 rings (SSSR count). The number of nitrogens with one attached hydrogen (secondary N) is 2. The van der Waals surface area contributed by atoms with Crippen LogP contribution in [0.5, 0.6) is 5.75 Å². The van der Waals surface area contributed by atoms with Gasteiger partial charge in [0.1, 0.15) is 5.75 Å². The number of nitrogens with zero attached hydrogens (tertiary/aromatic N) is 2. The summed E-state index contributed by atoms with van der Waals surface area (Å²) in [5, 5.41) is 7.03. The molecule has 0 atom stereocenters. The number of likely N-dealkylation sites (N-methyl/N-ethyl adjacent to an activating group) is 1. The van der Waals surface area contributed by atoms with Crippen molar-refractivity contribution in [1.82, 2.24) is 5.43 Å². The van der Waals surface area contributed by atoms with Gasteiger partial charge in [0, 0.05) is 17.8 Å². The van der Waals surface area contributed by atoms with Gasteiger partial charge in [0.05, 0.1) is 5.69 Å². The van der Waals surface area contributed by atoms with Crippen LogP contribution in [-0.2, 0) is 4.79 Å². The fraction of sp³-hybridized carbons (Fsp3) is 0.167. The second kappa shape index (κ2) is 7.85. The number of halogens is 3. The maximum Gasteiger partial charge on any atom is 0.573 e. The lowest BCUT2D eigenvalue weighted by Crippen LogP contribution is -2.32. The highest BCUT2D eigenvalue weighted by Gasteiger charge is 2.36. The largest absolute Gasteiger partial charge is 0.573 e. The van der Waals surface area contributed by atoms with Gasteiger partial charge in [-0.2, -0.15) is 5.10 Å². The lowest BCUT2D eigenvalue weighted by Gasteiger charge is -2.14. The van der Waals surface area contributed by atoms with Gasteiger partial charge in [-0.15, -0.1) is 13.2 Å². The summed E-state index contributed by atoms with van der Waals surface area (Å²) in [6.45, 7) is 2.08. The zero-order chi connectivity index (χ0) is 20.3. The lowest BCUT2D eigenvalue weighted by molar-refractivity contribution is -0.274. The van der Waals surface area contributed by atoms with E-state index >= 15 is 0 Å². The normalized spacial score (nSPS) is 14.8. The van der Waals surface area contributed by atoms with E-state index in [0.29, 0.717) is 12.2 Å². The van der Waals surface area contributed by atoms with E-state index < -0.39 is 18.0 Å². The monoisotopic (exact) mass is 408 g/mol. The Morgan fingerprint density at radius 1 is 1.21 bits per heavy atom. The Morgan fingerprint density at radius 3 is 2.57 bits per heavy atom. The van der Waals surface area contributed by atoms with E-state index in [1.165, 1.54) is 11.0 Å². The first-order valence-electron chi connectivity index (χ1n) is 8.20. The number of ether oxygens (including phenoxy) is 1. The number of rotatable bonds is 4. The number of fused-ring (bicyclic) bond motifs is 1. The molecule has 1 amide bonds. The van der Waals surface area contributed by atoms with E-state index in [0.717, 1.165) is 17.8 Å². The number of amides is 1. The maximum absolute atomic E-state index is 12.6. The Bertz CT molecular complexity index is 932. The minimum atomic E-state index is -4.84. The van der Waals surface area contributed by atoms with Gasteiger partial charge in [-0.1, -0.05) is 18.2 Å². The van der Waals surface area contributed by atoms with Crippen molar-refractivity contribution < 1.29 is 22.7 Å². The van der Waals surface area contributed by atoms with Crippen LogP contribution in [0.2, 0.25) is 0 Å². The second-order valence-corrected chi connectivity index (χ2v) is 6.08. The second-order valence-electron chi connectivity index (χ2n) is 5.67. The average Bonchev–Trinajstić information content (AvgIpc) is 2.89. The summed E-state index contributed by atoms with van der Waals surface area (Å²) in [6.07, 6.45) is -4.84. The van der Waals surface area contributed by atoms with Crippen molar-refractivity contribution in [2.24, 2.45) is 5.10 Å². The predicted octanol–water partition coefficient (Wildman–Crippen LogP) is 3.64. The van der Waals surface area contributed by atoms with Crippen molar-refractivity contribution in [2.75, 3.05) is 16.8 Å². The van der Waals surface area contributed by atoms with Crippen molar-refractivity contribution >= 4 is 40.3 Å². The quantitative estimate of drug-likeness (QED) is 0.597. The first kappa shape index (κ1) is 19.6. The molecular weight excluding hydrogens is 393 g/mol. The Labute approximate surface area is 164 Å². The molecule has 0 fully saturated rings. The van der Waals surface area contributed by atoms with Crippen LogP contribution in [-0.4, -0.2) is 29.6 Å². The molecule has 1 aliphatic rings. The predicted molar refractivity (Wildman–Crippen MR) is 103 cm³/mol. The van der Waals surface area contributed by atoms with Crippen molar-refractivity contribution in [1.29, 1.82) is 0 Å². The van der Waals surface area contributed by atoms with Crippen molar-refractivity contribution in [2.45, 2.75) is 13.3 Å². The molecule has 2 aromatic rings. The highest BCUT2D eigenvalue weighted by Crippen LogP contribution is 2.34. The van der Waals surface area contributed by atoms with Gasteiger partial charge in [0.25, 0.3) is 5.91 Å². The van der Waals surface area contributed by atoms with Gasteiger partial charge < -0.3 is 15.0 Å². The number of hydrogen-bond acceptors (Lipinski definition) is 4. The van der Waals surface area contributed by atoms with Gasteiger partial charge >= 0.3 is 6.36 Å². The van der Waals surface area contributed by atoms with Crippen LogP contribution in [0.1, 0.15) is 12.5 Å². The van der Waals surface area contributed by atoms with Crippen LogP contribution in [0.4, 0.5) is 24.5 Å². The summed E-state index contributed by atoms with van der Waals surface area (Å²) in [4.78, 5) is 14.0. The van der Waals surface area contributed by atoms with E-state index in [9.17, 15) is 18.0 Å². The molecular formula is C18H15F3N4O2S. The molecule has 2 aromatic carbocycles. The Balaban J connectivity index is 1.84. The van der Waals surface area contributed by atoms with Gasteiger partial charge in [-0.25, -0.2) is 0 Å². The van der Waals surface area contributed by atoms with Gasteiger partial charge in [0.15, 0.2) is 10.8 Å². The highest BCUT2D eigenvalue weighted by molar-refractivity contribution is 7.80. The van der Waals surface area contributed by atoms with E-state index in [2.05, 4.69) is 20.6 Å². The van der Waals surface area contributed by atoms with Crippen molar-refractivity contribution in [3.8, 4) is 5.75 Å². The number of benzene rings is 2. The molecule has 0 bridgehead atoms. The molecule has 10 heteroatoms. The number of thiocarbonyl (C=S) groups is 1. The molecule has 6 nitrogen and oxygen atoms in total. The molecule has 0 radical (unpaired) electrons. The Morgan fingerprint density at radius 2 is 1.93 bits per heavy atom. The van der Waals surface area contributed by atoms with Crippen LogP contribution < -0.4 is 20.4 Å². The summed E-state index contributed by atoms with van der Waals surface area (Å²) >= 11 is 5.14. The third kappa shape index (κ3) is 4.39. The summed E-state index contributed by atoms with van der Waals surface area (Å²) in [6, 6.07) is 12.7. The highest BCUT2D eigenvalue weighted by atomic mass is 32.1. The van der Waals surface area contributed by atoms with E-state index in [1.807, 2.05) is 18.2 Å². The number of carbonyl (C=O) groups excluding carboxylic acids is 1. The summed E-state index contributed by atoms with van der Waals surface area (Å²) < 4.78 is 41.5. The third-order valence-corrected chi connectivity index (χ3v) is 4.01. The fourth-order valence-electron chi connectivity index (χ4n) is 2.70. The third-order valence-electron chi connectivity index (χ3n) is 3.81. The topological polar surface area (TPSA) is 66.0 Å². The minimum Gasteiger partial charge on any atom is -0.406 e. The molecule has 0 saturated heterocycles. The molecule has 0 spiro atoms. The van der Waals surface area contributed by atoms with Crippen LogP contribution in [0, 0.1) is 0 Å². The summed E-state index contributed by atoms with van der Waals surface area (Å²) in [5.41, 5.74) is 3.89. The molecule has 1 heterocycles. The SMILES string of the molecule is CCN1C(=O)/C(=N\NC(=S)Nc2ccccc2)c2cc(OC(F)(F)F)ccc21. The first-order valence-corrected chi connectivity index (χ1v) is 8.61. The molecule has 0 unspecified atom stereocenters. The van der Waals surface area contributed by atoms with Crippen LogP contribution in [0.15, 0.2) is 53.6 Å². The van der Waals surface area contributed by atoms with Gasteiger partial charge in [-0.05, 0) is 49.5 Å². The summed E-state index contributed by atoms with van der Waals surface area (Å²) in [5.74, 6) is -0.883. The van der Waals surface area contributed by atoms with Gasteiger partial charge in [0.2, 0.25) is 0 Å². The van der Waals surface area contributed by atoms with E-state index in [-0.39, 0.29) is 16.4 Å². The standard InChI is InChI=1S/C18H15F3N4O2S/c1-2-25-14-9-8-12(27-18(19,20)21)10-13(14)15(16(25)26)23-24-17(28)22-11-6-4-3-5-7-11/h3-10H,2H2,1H3,(H2,22,24,28)/b23-15-. The minimum absolute atomic E-state index is 0.0540. The molecule has 1 aliphatic heterocycles. The number of alkyl halides is 3. The van der Waals surface area contributed by atoms with Crippen molar-refractivity contribution in [3.05, 3.63) is 54.1 Å².